The van der Waals surface area contributed by atoms with Gasteiger partial charge in [0.25, 0.3) is 5.89 Å². The maximum atomic E-state index is 14.8. The van der Waals surface area contributed by atoms with Crippen LogP contribution in [0.1, 0.15) is 30.0 Å². The zero-order valence-corrected chi connectivity index (χ0v) is 20.9. The lowest BCUT2D eigenvalue weighted by atomic mass is 9.94. The topological polar surface area (TPSA) is 79.5 Å². The van der Waals surface area contributed by atoms with Crippen molar-refractivity contribution in [2.75, 3.05) is 7.05 Å². The highest BCUT2D eigenvalue weighted by Crippen LogP contribution is 2.40. The average Bonchev–Trinajstić information content (AvgIpc) is 3.35. The SMILES string of the molecule is CCC(C(=O)O)N(C)Cc1ccc(-c2noc(-c3ccc(-c4ccccc4C)c(C(F)(F)F)c3)n2)cc1F. The molecule has 1 heterocycles. The van der Waals surface area contributed by atoms with Crippen molar-refractivity contribution in [3.05, 3.63) is 83.2 Å². The molecular weight excluding hydrogens is 502 g/mol. The summed E-state index contributed by atoms with van der Waals surface area (Å²) in [4.78, 5) is 17.1. The first-order valence-corrected chi connectivity index (χ1v) is 11.8. The number of halogens is 4. The number of aryl methyl sites for hydroxylation is 1. The van der Waals surface area contributed by atoms with Gasteiger partial charge in [0.2, 0.25) is 5.82 Å². The molecule has 0 spiro atoms. The van der Waals surface area contributed by atoms with Gasteiger partial charge in [0.1, 0.15) is 11.9 Å². The monoisotopic (exact) mass is 527 g/mol. The quantitative estimate of drug-likeness (QED) is 0.253. The fraction of sp³-hybridized carbons (Fsp3) is 0.250. The Bertz CT molecular complexity index is 1470. The number of carbonyl (C=O) groups is 1. The van der Waals surface area contributed by atoms with E-state index in [0.29, 0.717) is 17.5 Å². The van der Waals surface area contributed by atoms with Crippen LogP contribution in [0.15, 0.2) is 65.2 Å². The van der Waals surface area contributed by atoms with Gasteiger partial charge >= 0.3 is 12.1 Å². The molecule has 4 rings (SSSR count). The van der Waals surface area contributed by atoms with Gasteiger partial charge in [0, 0.05) is 23.2 Å². The van der Waals surface area contributed by atoms with Crippen LogP contribution in [0.2, 0.25) is 0 Å². The minimum Gasteiger partial charge on any atom is -0.480 e. The van der Waals surface area contributed by atoms with Crippen molar-refractivity contribution < 1.29 is 32.0 Å². The lowest BCUT2D eigenvalue weighted by Crippen LogP contribution is -2.37. The third kappa shape index (κ3) is 5.60. The zero-order valence-electron chi connectivity index (χ0n) is 20.9. The number of likely N-dealkylation sites (N-methyl/N-ethyl adjacent to an activating group) is 1. The van der Waals surface area contributed by atoms with Crippen LogP contribution in [0.3, 0.4) is 0 Å². The van der Waals surface area contributed by atoms with Crippen molar-refractivity contribution in [1.82, 2.24) is 15.0 Å². The lowest BCUT2D eigenvalue weighted by molar-refractivity contribution is -0.143. The van der Waals surface area contributed by atoms with E-state index in [2.05, 4.69) is 10.1 Å². The molecule has 0 bridgehead atoms. The number of alkyl halides is 3. The van der Waals surface area contributed by atoms with Gasteiger partial charge in [-0.3, -0.25) is 9.69 Å². The van der Waals surface area contributed by atoms with E-state index in [0.717, 1.165) is 6.07 Å². The molecule has 6 nitrogen and oxygen atoms in total. The Morgan fingerprint density at radius 1 is 1.05 bits per heavy atom. The van der Waals surface area contributed by atoms with Gasteiger partial charge in [-0.25, -0.2) is 4.39 Å². The third-order valence-electron chi connectivity index (χ3n) is 6.37. The van der Waals surface area contributed by atoms with E-state index < -0.39 is 29.6 Å². The summed E-state index contributed by atoms with van der Waals surface area (Å²) in [5, 5.41) is 13.1. The Labute approximate surface area is 216 Å². The molecule has 10 heteroatoms. The van der Waals surface area contributed by atoms with Crippen molar-refractivity contribution in [2.45, 2.75) is 39.0 Å². The average molecular weight is 528 g/mol. The second-order valence-electron chi connectivity index (χ2n) is 8.98. The second kappa shape index (κ2) is 10.7. The molecule has 4 aromatic rings. The molecule has 0 aliphatic carbocycles. The third-order valence-corrected chi connectivity index (χ3v) is 6.37. The summed E-state index contributed by atoms with van der Waals surface area (Å²) in [6, 6.07) is 14.1. The molecule has 0 aliphatic heterocycles. The highest BCUT2D eigenvalue weighted by Gasteiger charge is 2.35. The summed E-state index contributed by atoms with van der Waals surface area (Å²) >= 11 is 0. The Hall–Kier alpha value is -4.05. The van der Waals surface area contributed by atoms with Gasteiger partial charge in [-0.05, 0) is 55.3 Å². The molecule has 0 amide bonds. The number of aromatic nitrogens is 2. The molecule has 0 aliphatic rings. The fourth-order valence-electron chi connectivity index (χ4n) is 4.35. The number of hydrogen-bond donors (Lipinski definition) is 1. The molecule has 0 radical (unpaired) electrons. The first kappa shape index (κ1) is 27.0. The van der Waals surface area contributed by atoms with Crippen LogP contribution in [0.5, 0.6) is 0 Å². The molecule has 38 heavy (non-hydrogen) atoms. The molecule has 1 atom stereocenters. The Kier molecular flexibility index (Phi) is 7.63. The van der Waals surface area contributed by atoms with Gasteiger partial charge in [0.15, 0.2) is 0 Å². The van der Waals surface area contributed by atoms with E-state index in [9.17, 15) is 27.5 Å². The standard InChI is InChI=1S/C28H25F4N3O3/c1-4-24(27(36)37)35(3)15-19-10-9-17(14-23(19)29)25-33-26(38-34-25)18-11-12-21(22(13-18)28(30,31)32)20-8-6-5-7-16(20)2/h5-14,24H,4,15H2,1-3H3,(H,36,37). The highest BCUT2D eigenvalue weighted by atomic mass is 19.4. The van der Waals surface area contributed by atoms with E-state index >= 15 is 0 Å². The first-order valence-electron chi connectivity index (χ1n) is 11.8. The van der Waals surface area contributed by atoms with Crippen LogP contribution in [-0.2, 0) is 17.5 Å². The molecule has 0 fully saturated rings. The molecule has 0 saturated carbocycles. The summed E-state index contributed by atoms with van der Waals surface area (Å²) in [6.07, 6.45) is -4.26. The van der Waals surface area contributed by atoms with E-state index in [-0.39, 0.29) is 40.5 Å². The van der Waals surface area contributed by atoms with Gasteiger partial charge in [-0.2, -0.15) is 18.2 Å². The first-order chi connectivity index (χ1) is 18.0. The summed E-state index contributed by atoms with van der Waals surface area (Å²) in [6.45, 7) is 3.54. The summed E-state index contributed by atoms with van der Waals surface area (Å²) in [7, 11) is 1.60. The number of nitrogens with zero attached hydrogens (tertiary/aromatic N) is 3. The number of hydrogen-bond acceptors (Lipinski definition) is 5. The van der Waals surface area contributed by atoms with E-state index in [1.807, 2.05) is 0 Å². The predicted molar refractivity (Wildman–Crippen MR) is 133 cm³/mol. The van der Waals surface area contributed by atoms with E-state index in [4.69, 9.17) is 4.52 Å². The largest absolute Gasteiger partial charge is 0.480 e. The maximum absolute atomic E-state index is 14.8. The van der Waals surface area contributed by atoms with Crippen molar-refractivity contribution in [3.63, 3.8) is 0 Å². The molecule has 1 aromatic heterocycles. The van der Waals surface area contributed by atoms with Crippen LogP contribution in [0, 0.1) is 12.7 Å². The zero-order chi connectivity index (χ0) is 27.6. The van der Waals surface area contributed by atoms with Crippen molar-refractivity contribution >= 4 is 5.97 Å². The molecule has 1 unspecified atom stereocenters. The van der Waals surface area contributed by atoms with Gasteiger partial charge in [-0.15, -0.1) is 0 Å². The summed E-state index contributed by atoms with van der Waals surface area (Å²) in [5.41, 5.74) is 0.989. The molecular formula is C28H25F4N3O3. The predicted octanol–water partition coefficient (Wildman–Crippen LogP) is 6.83. The van der Waals surface area contributed by atoms with Crippen LogP contribution in [0.4, 0.5) is 17.6 Å². The molecule has 1 N–H and O–H groups in total. The molecule has 198 valence electrons. The highest BCUT2D eigenvalue weighted by molar-refractivity contribution is 5.75. The maximum Gasteiger partial charge on any atom is 0.417 e. The molecule has 0 saturated heterocycles. The van der Waals surface area contributed by atoms with Crippen LogP contribution < -0.4 is 0 Å². The van der Waals surface area contributed by atoms with Crippen molar-refractivity contribution in [1.29, 1.82) is 0 Å². The van der Waals surface area contributed by atoms with Crippen LogP contribution in [-0.4, -0.2) is 39.2 Å². The van der Waals surface area contributed by atoms with E-state index in [1.54, 1.807) is 51.2 Å². The number of aliphatic carboxylic acids is 1. The Morgan fingerprint density at radius 3 is 2.39 bits per heavy atom. The normalized spacial score (nSPS) is 12.6. The molecule has 3 aromatic carbocycles. The van der Waals surface area contributed by atoms with Gasteiger partial charge < -0.3 is 9.63 Å². The number of carboxylic acid groups (broad SMARTS) is 1. The van der Waals surface area contributed by atoms with Crippen molar-refractivity contribution in [3.8, 4) is 34.0 Å². The smallest absolute Gasteiger partial charge is 0.417 e. The summed E-state index contributed by atoms with van der Waals surface area (Å²) in [5.74, 6) is -1.72. The minimum atomic E-state index is -4.62. The Balaban J connectivity index is 1.63. The Morgan fingerprint density at radius 2 is 1.76 bits per heavy atom. The number of rotatable bonds is 8. The number of carboxylic acids is 1. The van der Waals surface area contributed by atoms with Gasteiger partial charge in [0.05, 0.1) is 5.56 Å². The lowest BCUT2D eigenvalue weighted by Gasteiger charge is -2.23. The van der Waals surface area contributed by atoms with Gasteiger partial charge in [-0.1, -0.05) is 54.5 Å². The van der Waals surface area contributed by atoms with Crippen LogP contribution in [0.25, 0.3) is 34.0 Å². The second-order valence-corrected chi connectivity index (χ2v) is 8.98. The number of benzene rings is 3. The van der Waals surface area contributed by atoms with Crippen molar-refractivity contribution in [2.24, 2.45) is 0 Å². The minimum absolute atomic E-state index is 0.00677. The van der Waals surface area contributed by atoms with E-state index in [1.165, 1.54) is 29.2 Å². The summed E-state index contributed by atoms with van der Waals surface area (Å²) < 4.78 is 62.0. The fourth-order valence-corrected chi connectivity index (χ4v) is 4.35. The van der Waals surface area contributed by atoms with Crippen LogP contribution >= 0.6 is 0 Å².